The van der Waals surface area contributed by atoms with Crippen LogP contribution in [-0.4, -0.2) is 79.5 Å². The summed E-state index contributed by atoms with van der Waals surface area (Å²) in [6, 6.07) is 8.27. The number of ether oxygens (including phenoxy) is 3. The summed E-state index contributed by atoms with van der Waals surface area (Å²) >= 11 is 0. The number of nitrogens with zero attached hydrogens (tertiary/aromatic N) is 4. The molecule has 2 aromatic heterocycles. The Hall–Kier alpha value is -3.03. The number of phosphoric acid groups is 1. The molecular formula is C44H67FN5O9P. The molecule has 0 bridgehead atoms. The molecule has 334 valence electrons. The largest absolute Gasteiger partial charge is 0.472 e. The monoisotopic (exact) mass is 859 g/mol. The van der Waals surface area contributed by atoms with Crippen molar-refractivity contribution in [1.29, 1.82) is 5.26 Å². The van der Waals surface area contributed by atoms with Gasteiger partial charge >= 0.3 is 7.82 Å². The van der Waals surface area contributed by atoms with Crippen molar-refractivity contribution >= 4 is 19.2 Å². The highest BCUT2D eigenvalue weighted by atomic mass is 31.2. The number of phosphoric ester groups is 1. The van der Waals surface area contributed by atoms with Gasteiger partial charge < -0.3 is 35.1 Å². The number of nitriles is 1. The van der Waals surface area contributed by atoms with E-state index in [4.69, 9.17) is 29.0 Å². The predicted molar refractivity (Wildman–Crippen MR) is 225 cm³/mol. The van der Waals surface area contributed by atoms with Gasteiger partial charge in [0.05, 0.1) is 37.1 Å². The van der Waals surface area contributed by atoms with E-state index in [-0.39, 0.29) is 24.6 Å². The molecule has 60 heavy (non-hydrogen) atoms. The van der Waals surface area contributed by atoms with Crippen LogP contribution < -0.4 is 5.73 Å². The van der Waals surface area contributed by atoms with Crippen LogP contribution in [0.25, 0.3) is 5.52 Å². The zero-order valence-electron chi connectivity index (χ0n) is 35.7. The maximum absolute atomic E-state index is 14.9. The van der Waals surface area contributed by atoms with Gasteiger partial charge in [-0.25, -0.2) is 18.5 Å². The van der Waals surface area contributed by atoms with Crippen LogP contribution in [0.4, 0.5) is 10.2 Å². The van der Waals surface area contributed by atoms with Gasteiger partial charge in [0.25, 0.3) is 0 Å². The second-order valence-corrected chi connectivity index (χ2v) is 18.1. The molecule has 1 aromatic carbocycles. The molecular weight excluding hydrogens is 792 g/mol. The van der Waals surface area contributed by atoms with E-state index in [9.17, 15) is 29.3 Å². The van der Waals surface area contributed by atoms with Crippen molar-refractivity contribution in [3.8, 4) is 6.07 Å². The Labute approximate surface area is 354 Å². The number of benzene rings is 1. The third-order valence-corrected chi connectivity index (χ3v) is 12.8. The van der Waals surface area contributed by atoms with Gasteiger partial charge in [0.1, 0.15) is 47.7 Å². The normalized spacial score (nSPS) is 23.7. The molecule has 0 amide bonds. The highest BCUT2D eigenvalue weighted by Gasteiger charge is 2.82. The average Bonchev–Trinajstić information content (AvgIpc) is 3.46. The molecule has 2 fully saturated rings. The van der Waals surface area contributed by atoms with Gasteiger partial charge in [0.15, 0.2) is 11.4 Å². The van der Waals surface area contributed by atoms with Gasteiger partial charge in [-0.3, -0.25) is 9.05 Å². The van der Waals surface area contributed by atoms with Crippen LogP contribution in [0.1, 0.15) is 152 Å². The molecule has 5 N–H and O–H groups in total. The summed E-state index contributed by atoms with van der Waals surface area (Å²) < 4.78 is 58.3. The number of anilines is 1. The lowest BCUT2D eigenvalue weighted by atomic mass is 9.91. The van der Waals surface area contributed by atoms with E-state index < -0.39 is 55.9 Å². The van der Waals surface area contributed by atoms with Crippen LogP contribution in [0.15, 0.2) is 30.6 Å². The summed E-state index contributed by atoms with van der Waals surface area (Å²) in [4.78, 5) is 14.7. The summed E-state index contributed by atoms with van der Waals surface area (Å²) in [7, 11) is -4.85. The number of hydrogen-bond donors (Lipinski definition) is 4. The number of fused-ring (bicyclic) bond motifs is 2. The van der Waals surface area contributed by atoms with Crippen LogP contribution in [0.5, 0.6) is 0 Å². The lowest BCUT2D eigenvalue weighted by Gasteiger charge is -2.32. The Morgan fingerprint density at radius 2 is 1.62 bits per heavy atom. The molecule has 0 radical (unpaired) electrons. The standard InChI is InChI=1S/C44H67FN5O9P/c1-4-6-7-8-9-10-11-12-13-14-15-16-17-18-19-20-24-55-29-34(56-28-32-25-33(27-46)35(21-5-2)36(45)26-32)30-57-60(53,54)59-40-39-44(40,52)42(51)43(3,58-39)38-23-22-37-41(47)48-31-49-50(37)38/h22-23,25-26,31,34,39-40,42,51-52H,4-21,24,28-30H2,1-3H3,(H,53,54)(H2,47,48,49)/t34-,39-,40?,42+,43+,44+/m1/s1. The van der Waals surface area contributed by atoms with Gasteiger partial charge in [-0.15, -0.1) is 0 Å². The van der Waals surface area contributed by atoms with Crippen molar-refractivity contribution < 1.29 is 47.3 Å². The molecule has 2 aliphatic rings. The van der Waals surface area contributed by atoms with E-state index >= 15 is 0 Å². The fourth-order valence-corrected chi connectivity index (χ4v) is 9.28. The maximum atomic E-state index is 14.9. The zero-order valence-corrected chi connectivity index (χ0v) is 36.6. The second kappa shape index (κ2) is 22.9. The minimum absolute atomic E-state index is 0.00968. The van der Waals surface area contributed by atoms with Crippen LogP contribution in [0.2, 0.25) is 0 Å². The Balaban J connectivity index is 1.06. The molecule has 5 rings (SSSR count). The topological polar surface area (TPSA) is 204 Å². The zero-order chi connectivity index (χ0) is 43.2. The smallest absolute Gasteiger partial charge is 0.386 e. The third-order valence-electron chi connectivity index (χ3n) is 11.9. The van der Waals surface area contributed by atoms with Crippen molar-refractivity contribution in [1.82, 2.24) is 14.6 Å². The van der Waals surface area contributed by atoms with Gasteiger partial charge in [-0.1, -0.05) is 117 Å². The molecule has 2 unspecified atom stereocenters. The number of rotatable bonds is 30. The number of hydrogen-bond acceptors (Lipinski definition) is 12. The van der Waals surface area contributed by atoms with Crippen molar-refractivity contribution in [3.63, 3.8) is 0 Å². The molecule has 1 saturated heterocycles. The van der Waals surface area contributed by atoms with Crippen LogP contribution in [0, 0.1) is 17.1 Å². The molecule has 3 aromatic rings. The molecule has 1 saturated carbocycles. The molecule has 14 nitrogen and oxygen atoms in total. The number of unbranched alkanes of at least 4 members (excludes halogenated alkanes) is 15. The van der Waals surface area contributed by atoms with Gasteiger partial charge in [-0.2, -0.15) is 10.4 Å². The molecule has 3 heterocycles. The number of nitrogen functional groups attached to an aromatic ring is 1. The van der Waals surface area contributed by atoms with Gasteiger partial charge in [-0.05, 0) is 49.6 Å². The van der Waals surface area contributed by atoms with Crippen LogP contribution >= 0.6 is 7.82 Å². The van der Waals surface area contributed by atoms with Gasteiger partial charge in [0, 0.05) is 12.2 Å². The fraction of sp³-hybridized carbons (Fsp3) is 0.705. The number of aromatic nitrogens is 3. The predicted octanol–water partition coefficient (Wildman–Crippen LogP) is 8.36. The molecule has 1 aliphatic heterocycles. The quantitative estimate of drug-likeness (QED) is 0.0368. The lowest BCUT2D eigenvalue weighted by molar-refractivity contribution is -0.127. The number of aliphatic hydroxyl groups excluding tert-OH is 1. The van der Waals surface area contributed by atoms with E-state index in [1.807, 2.05) is 6.92 Å². The van der Waals surface area contributed by atoms with Crippen molar-refractivity contribution in [2.45, 2.75) is 179 Å². The summed E-state index contributed by atoms with van der Waals surface area (Å²) in [6.45, 7) is 5.64. The maximum Gasteiger partial charge on any atom is 0.472 e. The Morgan fingerprint density at radius 3 is 2.20 bits per heavy atom. The van der Waals surface area contributed by atoms with E-state index in [0.29, 0.717) is 41.8 Å². The first-order valence-electron chi connectivity index (χ1n) is 22.1. The first-order chi connectivity index (χ1) is 28.9. The SMILES string of the molecule is CCCCCCCCCCCCCCCCCCOC[C@H](COP(=O)(O)OC1[C@H]2O[C@@](C)(c3ccc4c(N)ncnn34)[C@H](O)[C@@]12O)OCc1cc(F)c(CCC)c(C#N)c1. The summed E-state index contributed by atoms with van der Waals surface area (Å²) in [6.07, 6.45) is 17.6. The number of halogens is 1. The van der Waals surface area contributed by atoms with Crippen molar-refractivity contribution in [2.75, 3.05) is 25.6 Å². The van der Waals surface area contributed by atoms with Gasteiger partial charge in [0.2, 0.25) is 0 Å². The minimum Gasteiger partial charge on any atom is -0.386 e. The average molecular weight is 860 g/mol. The van der Waals surface area contributed by atoms with E-state index in [1.54, 1.807) is 25.1 Å². The van der Waals surface area contributed by atoms with Crippen molar-refractivity contribution in [2.24, 2.45) is 0 Å². The highest BCUT2D eigenvalue weighted by Crippen LogP contribution is 2.63. The first-order valence-corrected chi connectivity index (χ1v) is 23.6. The summed E-state index contributed by atoms with van der Waals surface area (Å²) in [5.41, 5.74) is 4.35. The fourth-order valence-electron chi connectivity index (χ4n) is 8.29. The Kier molecular flexibility index (Phi) is 18.3. The van der Waals surface area contributed by atoms with E-state index in [2.05, 4.69) is 23.1 Å². The van der Waals surface area contributed by atoms with E-state index in [1.165, 1.54) is 100 Å². The summed E-state index contributed by atoms with van der Waals surface area (Å²) in [5, 5.41) is 36.6. The molecule has 0 spiro atoms. The molecule has 16 heteroatoms. The van der Waals surface area contributed by atoms with Crippen molar-refractivity contribution in [3.05, 3.63) is 58.8 Å². The highest BCUT2D eigenvalue weighted by molar-refractivity contribution is 7.47. The van der Waals surface area contributed by atoms with Crippen LogP contribution in [-0.2, 0) is 46.5 Å². The minimum atomic E-state index is -4.85. The van der Waals surface area contributed by atoms with Crippen LogP contribution in [0.3, 0.4) is 0 Å². The summed E-state index contributed by atoms with van der Waals surface area (Å²) in [5.74, 6) is -0.279. The molecule has 1 aliphatic carbocycles. The second-order valence-electron chi connectivity index (χ2n) is 16.7. The Morgan fingerprint density at radius 1 is 0.983 bits per heavy atom. The molecule has 7 atom stereocenters. The lowest BCUT2D eigenvalue weighted by Crippen LogP contribution is -2.46. The third kappa shape index (κ3) is 12.3. The Bertz CT molecular complexity index is 1900. The van der Waals surface area contributed by atoms with E-state index in [0.717, 1.165) is 19.3 Å². The first kappa shape index (κ1) is 48.0. The number of nitrogens with two attached hydrogens (primary N) is 1. The number of aliphatic hydroxyl groups is 2.